The largest absolute Gasteiger partial charge is 0.316 e. The molecule has 5 nitrogen and oxygen atoms in total. The molecule has 0 N–H and O–H groups in total. The van der Waals surface area contributed by atoms with Gasteiger partial charge in [-0.15, -0.1) is 10.2 Å². The van der Waals surface area contributed by atoms with Crippen LogP contribution in [0.4, 0.5) is 0 Å². The van der Waals surface area contributed by atoms with Crippen molar-refractivity contribution in [2.45, 2.75) is 38.3 Å². The van der Waals surface area contributed by atoms with Gasteiger partial charge in [-0.2, -0.15) is 0 Å². The third-order valence-electron chi connectivity index (χ3n) is 4.45. The van der Waals surface area contributed by atoms with E-state index in [9.17, 15) is 4.79 Å². The summed E-state index contributed by atoms with van der Waals surface area (Å²) in [5, 5.41) is 9.32. The molecule has 3 rings (SSSR count). The van der Waals surface area contributed by atoms with E-state index in [0.717, 1.165) is 42.4 Å². The molecule has 1 aromatic carbocycles. The lowest BCUT2D eigenvalue weighted by atomic mass is 10.1. The smallest absolute Gasteiger partial charge is 0.237 e. The van der Waals surface area contributed by atoms with Crippen molar-refractivity contribution in [1.82, 2.24) is 19.7 Å². The maximum absolute atomic E-state index is 12.6. The fourth-order valence-electron chi connectivity index (χ4n) is 3.04. The molecular weight excluding hydrogens is 332 g/mol. The first-order valence-electron chi connectivity index (χ1n) is 8.68. The number of carbonyl (C=O) groups is 1. The van der Waals surface area contributed by atoms with Crippen molar-refractivity contribution in [3.63, 3.8) is 0 Å². The number of allylic oxidation sites excluding steroid dienone is 2. The van der Waals surface area contributed by atoms with Crippen molar-refractivity contribution in [3.05, 3.63) is 41.6 Å². The maximum atomic E-state index is 12.6. The normalized spacial score (nSPS) is 13.8. The minimum atomic E-state index is 0.139. The highest BCUT2D eigenvalue weighted by Crippen LogP contribution is 2.25. The van der Waals surface area contributed by atoms with Gasteiger partial charge in [0.15, 0.2) is 11.0 Å². The van der Waals surface area contributed by atoms with Crippen LogP contribution >= 0.6 is 11.8 Å². The molecule has 25 heavy (non-hydrogen) atoms. The van der Waals surface area contributed by atoms with Gasteiger partial charge in [0, 0.05) is 24.9 Å². The number of rotatable bonds is 6. The van der Waals surface area contributed by atoms with Gasteiger partial charge in [0.1, 0.15) is 0 Å². The predicted molar refractivity (Wildman–Crippen MR) is 101 cm³/mol. The molecule has 1 aromatic heterocycles. The Morgan fingerprint density at radius 1 is 1.28 bits per heavy atom. The third-order valence-corrected chi connectivity index (χ3v) is 5.46. The fraction of sp³-hybridized carbons (Fsp3) is 0.421. The van der Waals surface area contributed by atoms with E-state index in [4.69, 9.17) is 0 Å². The van der Waals surface area contributed by atoms with Crippen molar-refractivity contribution >= 4 is 17.7 Å². The summed E-state index contributed by atoms with van der Waals surface area (Å²) in [6, 6.07) is 8.22. The monoisotopic (exact) mass is 356 g/mol. The van der Waals surface area contributed by atoms with Crippen molar-refractivity contribution in [2.75, 3.05) is 12.3 Å². The van der Waals surface area contributed by atoms with Gasteiger partial charge in [0.05, 0.1) is 5.75 Å². The van der Waals surface area contributed by atoms with Crippen molar-refractivity contribution in [3.8, 4) is 11.4 Å². The van der Waals surface area contributed by atoms with E-state index in [2.05, 4.69) is 35.3 Å². The third kappa shape index (κ3) is 3.95. The van der Waals surface area contributed by atoms with Crippen LogP contribution in [0.5, 0.6) is 0 Å². The summed E-state index contributed by atoms with van der Waals surface area (Å²) in [6.45, 7) is 4.81. The van der Waals surface area contributed by atoms with Crippen molar-refractivity contribution in [1.29, 1.82) is 0 Å². The molecule has 0 atom stereocenters. The second-order valence-corrected chi connectivity index (χ2v) is 7.19. The molecule has 0 spiro atoms. The van der Waals surface area contributed by atoms with E-state index in [1.54, 1.807) is 0 Å². The van der Waals surface area contributed by atoms with E-state index in [-0.39, 0.29) is 5.91 Å². The summed E-state index contributed by atoms with van der Waals surface area (Å²) < 4.78 is 1.95. The minimum Gasteiger partial charge on any atom is -0.316 e. The van der Waals surface area contributed by atoms with Gasteiger partial charge in [-0.1, -0.05) is 47.7 Å². The predicted octanol–water partition coefficient (Wildman–Crippen LogP) is 3.80. The first kappa shape index (κ1) is 17.7. The van der Waals surface area contributed by atoms with Crippen LogP contribution in [-0.2, 0) is 11.8 Å². The van der Waals surface area contributed by atoms with E-state index >= 15 is 0 Å². The summed E-state index contributed by atoms with van der Waals surface area (Å²) in [4.78, 5) is 14.5. The number of thioether (sulfide) groups is 1. The van der Waals surface area contributed by atoms with Gasteiger partial charge in [-0.25, -0.2) is 0 Å². The minimum absolute atomic E-state index is 0.139. The molecule has 132 valence electrons. The highest BCUT2D eigenvalue weighted by molar-refractivity contribution is 7.99. The molecule has 1 aliphatic carbocycles. The number of aromatic nitrogens is 3. The van der Waals surface area contributed by atoms with Crippen LogP contribution in [-0.4, -0.2) is 37.9 Å². The molecule has 6 heteroatoms. The zero-order chi connectivity index (χ0) is 17.8. The first-order valence-corrected chi connectivity index (χ1v) is 9.67. The van der Waals surface area contributed by atoms with Crippen LogP contribution in [0.25, 0.3) is 11.4 Å². The number of hydrogen-bond acceptors (Lipinski definition) is 4. The zero-order valence-electron chi connectivity index (χ0n) is 15.0. The Kier molecular flexibility index (Phi) is 5.58. The molecule has 0 bridgehead atoms. The zero-order valence-corrected chi connectivity index (χ0v) is 15.8. The number of hydrogen-bond donors (Lipinski definition) is 0. The average molecular weight is 356 g/mol. The van der Waals surface area contributed by atoms with E-state index in [0.29, 0.717) is 5.75 Å². The number of aryl methyl sites for hydroxylation is 1. The standard InChI is InChI=1S/C19H24N4OS/c1-4-23(16-7-5-6-8-16)17(24)13-25-19-21-20-18(22(19)3)15-11-9-14(2)10-12-15/h7,9-12H,4-6,8,13H2,1-3H3. The summed E-state index contributed by atoms with van der Waals surface area (Å²) in [7, 11) is 1.94. The molecule has 2 aromatic rings. The van der Waals surface area contributed by atoms with E-state index in [1.165, 1.54) is 23.0 Å². The number of benzene rings is 1. The Labute approximate surface area is 153 Å². The van der Waals surface area contributed by atoms with E-state index in [1.807, 2.05) is 35.6 Å². The molecule has 0 radical (unpaired) electrons. The highest BCUT2D eigenvalue weighted by Gasteiger charge is 2.20. The Morgan fingerprint density at radius 2 is 2.04 bits per heavy atom. The highest BCUT2D eigenvalue weighted by atomic mass is 32.2. The molecule has 0 saturated heterocycles. The Bertz CT molecular complexity index is 779. The average Bonchev–Trinajstić information content (AvgIpc) is 3.25. The summed E-state index contributed by atoms with van der Waals surface area (Å²) >= 11 is 1.45. The van der Waals surface area contributed by atoms with Gasteiger partial charge >= 0.3 is 0 Å². The van der Waals surface area contributed by atoms with Gasteiger partial charge < -0.3 is 9.47 Å². The fourth-order valence-corrected chi connectivity index (χ4v) is 3.82. The lowest BCUT2D eigenvalue weighted by Gasteiger charge is -2.21. The van der Waals surface area contributed by atoms with E-state index < -0.39 is 0 Å². The first-order chi connectivity index (χ1) is 12.1. The Balaban J connectivity index is 1.67. The second-order valence-electron chi connectivity index (χ2n) is 6.25. The van der Waals surface area contributed by atoms with Gasteiger partial charge in [0.25, 0.3) is 0 Å². The Hall–Kier alpha value is -2.08. The van der Waals surface area contributed by atoms with Crippen LogP contribution in [0, 0.1) is 6.92 Å². The summed E-state index contributed by atoms with van der Waals surface area (Å²) in [5.41, 5.74) is 3.42. The molecule has 0 saturated carbocycles. The molecule has 1 heterocycles. The molecule has 1 aliphatic rings. The summed E-state index contributed by atoms with van der Waals surface area (Å²) in [6.07, 6.45) is 5.42. The molecular formula is C19H24N4OS. The van der Waals surface area contributed by atoms with Crippen LogP contribution in [0.2, 0.25) is 0 Å². The maximum Gasteiger partial charge on any atom is 0.237 e. The Morgan fingerprint density at radius 3 is 2.68 bits per heavy atom. The van der Waals surface area contributed by atoms with Crippen molar-refractivity contribution in [2.24, 2.45) is 7.05 Å². The second kappa shape index (κ2) is 7.87. The lowest BCUT2D eigenvalue weighted by molar-refractivity contribution is -0.126. The number of carbonyl (C=O) groups excluding carboxylic acids is 1. The lowest BCUT2D eigenvalue weighted by Crippen LogP contribution is -2.31. The SMILES string of the molecule is CCN(C(=O)CSc1nnc(-c2ccc(C)cc2)n1C)C1=CCCC1. The number of nitrogens with zero attached hydrogens (tertiary/aromatic N) is 4. The topological polar surface area (TPSA) is 51.0 Å². The quantitative estimate of drug-likeness (QED) is 0.739. The van der Waals surface area contributed by atoms with Crippen LogP contribution in [0.3, 0.4) is 0 Å². The summed E-state index contributed by atoms with van der Waals surface area (Å²) in [5.74, 6) is 1.34. The van der Waals surface area contributed by atoms with Gasteiger partial charge in [0.2, 0.25) is 5.91 Å². The number of amides is 1. The molecule has 0 aliphatic heterocycles. The molecule has 0 unspecified atom stereocenters. The van der Waals surface area contributed by atoms with Crippen molar-refractivity contribution < 1.29 is 4.79 Å². The van der Waals surface area contributed by atoms with Crippen LogP contribution in [0.15, 0.2) is 41.2 Å². The molecule has 1 amide bonds. The van der Waals surface area contributed by atoms with Crippen LogP contribution in [0.1, 0.15) is 31.7 Å². The van der Waals surface area contributed by atoms with Gasteiger partial charge in [-0.05, 0) is 33.1 Å². The molecule has 0 fully saturated rings. The van der Waals surface area contributed by atoms with Crippen LogP contribution < -0.4 is 0 Å². The van der Waals surface area contributed by atoms with Gasteiger partial charge in [-0.3, -0.25) is 4.79 Å².